The fourth-order valence-electron chi connectivity index (χ4n) is 5.25. The summed E-state index contributed by atoms with van der Waals surface area (Å²) in [6.07, 6.45) is 2.81. The summed E-state index contributed by atoms with van der Waals surface area (Å²) in [6.45, 7) is 2.60. The first kappa shape index (κ1) is 23.7. The van der Waals surface area contributed by atoms with Gasteiger partial charge in [-0.15, -0.1) is 0 Å². The number of fused-ring (bicyclic) bond motifs is 1. The Morgan fingerprint density at radius 2 is 1.94 bits per heavy atom. The number of amides is 1. The first-order valence-electron chi connectivity index (χ1n) is 11.7. The molecule has 3 atom stereocenters. The van der Waals surface area contributed by atoms with Gasteiger partial charge in [-0.05, 0) is 73.9 Å². The van der Waals surface area contributed by atoms with Crippen LogP contribution in [-0.2, 0) is 20.7 Å². The molecular weight excluding hydrogens is 430 g/mol. The molecule has 2 aromatic rings. The molecule has 2 fully saturated rings. The number of carbonyl (C=O) groups excluding carboxylic acids is 2. The standard InChI is InChI=1S/C28H31NO5/c1-20-7-4-8-21(17-20)12-15-28(34-26(30)19-22-9-5-10-23(18-22)32-2)14-6-11-25-24(28)13-16-29(25)27(31)33-3/h4-5,7-10,17-18,24-25H,6,11,13-14,16,19H2,1-3H3/t24-,25-,28-/m1/s1. The fraction of sp³-hybridized carbons (Fsp3) is 0.429. The van der Waals surface area contributed by atoms with Gasteiger partial charge in [-0.3, -0.25) is 4.79 Å². The van der Waals surface area contributed by atoms with E-state index in [1.165, 1.54) is 7.11 Å². The molecule has 0 radical (unpaired) electrons. The number of ether oxygens (including phenoxy) is 3. The summed E-state index contributed by atoms with van der Waals surface area (Å²) in [7, 11) is 3.00. The van der Waals surface area contributed by atoms with E-state index in [9.17, 15) is 9.59 Å². The van der Waals surface area contributed by atoms with Gasteiger partial charge in [0, 0.05) is 24.1 Å². The van der Waals surface area contributed by atoms with Gasteiger partial charge in [-0.25, -0.2) is 4.79 Å². The Morgan fingerprint density at radius 3 is 2.71 bits per heavy atom. The number of hydrogen-bond acceptors (Lipinski definition) is 5. The summed E-state index contributed by atoms with van der Waals surface area (Å²) in [6, 6.07) is 15.3. The zero-order chi connectivity index (χ0) is 24.1. The third kappa shape index (κ3) is 5.04. The van der Waals surface area contributed by atoms with Crippen LogP contribution in [0, 0.1) is 24.7 Å². The van der Waals surface area contributed by atoms with E-state index >= 15 is 0 Å². The normalized spacial score (nSPS) is 23.3. The minimum atomic E-state index is -0.953. The molecule has 1 aliphatic carbocycles. The van der Waals surface area contributed by atoms with Crippen LogP contribution in [0.2, 0.25) is 0 Å². The van der Waals surface area contributed by atoms with E-state index in [4.69, 9.17) is 14.2 Å². The maximum Gasteiger partial charge on any atom is 0.409 e. The Kier molecular flexibility index (Phi) is 7.12. The van der Waals surface area contributed by atoms with E-state index in [1.807, 2.05) is 55.5 Å². The number of carbonyl (C=O) groups is 2. The van der Waals surface area contributed by atoms with Crippen LogP contribution in [0.25, 0.3) is 0 Å². The fourth-order valence-corrected chi connectivity index (χ4v) is 5.25. The van der Waals surface area contributed by atoms with Crippen LogP contribution in [0.5, 0.6) is 5.75 Å². The zero-order valence-electron chi connectivity index (χ0n) is 20.0. The van der Waals surface area contributed by atoms with Crippen LogP contribution in [0.3, 0.4) is 0 Å². The van der Waals surface area contributed by atoms with Crippen molar-refractivity contribution in [3.63, 3.8) is 0 Å². The number of esters is 1. The van der Waals surface area contributed by atoms with Crippen LogP contribution in [0.4, 0.5) is 4.79 Å². The highest BCUT2D eigenvalue weighted by Gasteiger charge is 2.53. The van der Waals surface area contributed by atoms with E-state index < -0.39 is 5.60 Å². The number of aryl methyl sites for hydroxylation is 1. The summed E-state index contributed by atoms with van der Waals surface area (Å²) in [5.41, 5.74) is 1.87. The lowest BCUT2D eigenvalue weighted by molar-refractivity contribution is -0.161. The first-order chi connectivity index (χ1) is 16.4. The third-order valence-electron chi connectivity index (χ3n) is 6.82. The number of nitrogens with zero attached hydrogens (tertiary/aromatic N) is 1. The molecule has 1 saturated heterocycles. The molecule has 34 heavy (non-hydrogen) atoms. The van der Waals surface area contributed by atoms with Gasteiger partial charge in [0.2, 0.25) is 0 Å². The Hall–Kier alpha value is -3.46. The summed E-state index contributed by atoms with van der Waals surface area (Å²) < 4.78 is 16.5. The maximum atomic E-state index is 13.2. The Bertz CT molecular complexity index is 1120. The highest BCUT2D eigenvalue weighted by atomic mass is 16.6. The van der Waals surface area contributed by atoms with Crippen LogP contribution >= 0.6 is 0 Å². The highest BCUT2D eigenvalue weighted by molar-refractivity contribution is 5.74. The largest absolute Gasteiger partial charge is 0.497 e. The quantitative estimate of drug-likeness (QED) is 0.495. The smallest absolute Gasteiger partial charge is 0.409 e. The second-order valence-corrected chi connectivity index (χ2v) is 9.03. The van der Waals surface area contributed by atoms with Gasteiger partial charge in [0.1, 0.15) is 5.75 Å². The molecule has 0 bridgehead atoms. The molecule has 4 rings (SSSR count). The molecule has 6 heteroatoms. The Labute approximate surface area is 201 Å². The van der Waals surface area contributed by atoms with Crippen molar-refractivity contribution < 1.29 is 23.8 Å². The molecule has 1 aliphatic heterocycles. The molecule has 0 unspecified atom stereocenters. The topological polar surface area (TPSA) is 65.1 Å². The molecule has 0 spiro atoms. The van der Waals surface area contributed by atoms with E-state index in [1.54, 1.807) is 12.0 Å². The molecule has 178 valence electrons. The van der Waals surface area contributed by atoms with E-state index in [0.717, 1.165) is 29.5 Å². The SMILES string of the molecule is COC(=O)N1CC[C@@H]2[C@H]1CCC[C@]2(C#Cc1cccc(C)c1)OC(=O)Cc1cccc(OC)c1. The van der Waals surface area contributed by atoms with Crippen LogP contribution in [-0.4, -0.2) is 49.4 Å². The predicted molar refractivity (Wildman–Crippen MR) is 128 cm³/mol. The second kappa shape index (κ2) is 10.2. The van der Waals surface area contributed by atoms with Gasteiger partial charge in [0.25, 0.3) is 0 Å². The van der Waals surface area contributed by atoms with Crippen LogP contribution in [0.15, 0.2) is 48.5 Å². The lowest BCUT2D eigenvalue weighted by Crippen LogP contribution is -2.52. The number of benzene rings is 2. The van der Waals surface area contributed by atoms with Crippen molar-refractivity contribution in [2.75, 3.05) is 20.8 Å². The van der Waals surface area contributed by atoms with Gasteiger partial charge in [-0.2, -0.15) is 0 Å². The minimum absolute atomic E-state index is 0.0578. The number of rotatable bonds is 4. The molecule has 1 amide bonds. The Balaban J connectivity index is 1.64. The van der Waals surface area contributed by atoms with Crippen LogP contribution < -0.4 is 4.74 Å². The van der Waals surface area contributed by atoms with Gasteiger partial charge in [0.05, 0.1) is 20.6 Å². The Morgan fingerprint density at radius 1 is 1.12 bits per heavy atom. The zero-order valence-corrected chi connectivity index (χ0v) is 20.0. The van der Waals surface area contributed by atoms with E-state index in [0.29, 0.717) is 25.1 Å². The number of likely N-dealkylation sites (tertiary alicyclic amines) is 1. The van der Waals surface area contributed by atoms with E-state index in [-0.39, 0.29) is 30.4 Å². The monoisotopic (exact) mass is 461 g/mol. The average Bonchev–Trinajstić information content (AvgIpc) is 3.28. The van der Waals surface area contributed by atoms with Crippen molar-refractivity contribution >= 4 is 12.1 Å². The van der Waals surface area contributed by atoms with Gasteiger partial charge in [0.15, 0.2) is 5.60 Å². The molecule has 2 aromatic carbocycles. The van der Waals surface area contributed by atoms with Crippen molar-refractivity contribution in [2.45, 2.75) is 50.7 Å². The summed E-state index contributed by atoms with van der Waals surface area (Å²) >= 11 is 0. The van der Waals surface area contributed by atoms with Gasteiger partial charge >= 0.3 is 12.1 Å². The van der Waals surface area contributed by atoms with Gasteiger partial charge < -0.3 is 19.1 Å². The molecule has 0 N–H and O–H groups in total. The first-order valence-corrected chi connectivity index (χ1v) is 11.7. The van der Waals surface area contributed by atoms with Crippen LogP contribution in [0.1, 0.15) is 42.4 Å². The van der Waals surface area contributed by atoms with Crippen molar-refractivity contribution in [3.05, 3.63) is 65.2 Å². The van der Waals surface area contributed by atoms with Crippen molar-refractivity contribution in [3.8, 4) is 17.6 Å². The van der Waals surface area contributed by atoms with Gasteiger partial charge in [-0.1, -0.05) is 30.2 Å². The molecular formula is C28H31NO5. The summed E-state index contributed by atoms with van der Waals surface area (Å²) in [4.78, 5) is 27.3. The molecule has 1 saturated carbocycles. The number of methoxy groups -OCH3 is 2. The lowest BCUT2D eigenvalue weighted by atomic mass is 9.72. The molecule has 6 nitrogen and oxygen atoms in total. The highest BCUT2D eigenvalue weighted by Crippen LogP contribution is 2.45. The molecule has 1 heterocycles. The van der Waals surface area contributed by atoms with Crippen molar-refractivity contribution in [2.24, 2.45) is 5.92 Å². The maximum absolute atomic E-state index is 13.2. The third-order valence-corrected chi connectivity index (χ3v) is 6.82. The summed E-state index contributed by atoms with van der Waals surface area (Å²) in [5, 5.41) is 0. The second-order valence-electron chi connectivity index (χ2n) is 9.03. The minimum Gasteiger partial charge on any atom is -0.497 e. The van der Waals surface area contributed by atoms with Crippen molar-refractivity contribution in [1.82, 2.24) is 4.90 Å². The lowest BCUT2D eigenvalue weighted by Gasteiger charge is -2.42. The summed E-state index contributed by atoms with van der Waals surface area (Å²) in [5.74, 6) is 6.95. The number of hydrogen-bond donors (Lipinski definition) is 0. The van der Waals surface area contributed by atoms with E-state index in [2.05, 4.69) is 11.8 Å². The molecule has 0 aromatic heterocycles. The predicted octanol–water partition coefficient (Wildman–Crippen LogP) is 4.52. The average molecular weight is 462 g/mol. The van der Waals surface area contributed by atoms with Crippen molar-refractivity contribution in [1.29, 1.82) is 0 Å². The molecule has 2 aliphatic rings.